The second-order valence-corrected chi connectivity index (χ2v) is 10.9. The second kappa shape index (κ2) is 11.0. The Balaban J connectivity index is 1.64. The number of hydrogen-bond acceptors (Lipinski definition) is 12. The van der Waals surface area contributed by atoms with E-state index in [2.05, 4.69) is 25.4 Å². The number of nitrogen functional groups attached to an aromatic ring is 1. The number of halogens is 1. The third-order valence-electron chi connectivity index (χ3n) is 5.78. The molecule has 0 aliphatic carbocycles. The van der Waals surface area contributed by atoms with Crippen LogP contribution < -0.4 is 20.7 Å². The first-order chi connectivity index (χ1) is 18.3. The second-order valence-electron chi connectivity index (χ2n) is 9.30. The molecule has 3 aromatic rings. The van der Waals surface area contributed by atoms with Crippen LogP contribution in [-0.4, -0.2) is 67.9 Å². The fourth-order valence-corrected chi connectivity index (χ4v) is 5.48. The van der Waals surface area contributed by atoms with Crippen LogP contribution in [0, 0.1) is 0 Å². The Hall–Kier alpha value is -3.36. The lowest BCUT2D eigenvalue weighted by atomic mass is 10.0. The highest BCUT2D eigenvalue weighted by Crippen LogP contribution is 2.51. The van der Waals surface area contributed by atoms with Crippen LogP contribution in [0.3, 0.4) is 0 Å². The number of carbonyl (C=O) groups excluding carboxylic acids is 1. The van der Waals surface area contributed by atoms with Gasteiger partial charge in [-0.3, -0.25) is 13.9 Å². The van der Waals surface area contributed by atoms with E-state index in [4.69, 9.17) is 24.3 Å². The maximum atomic E-state index is 16.0. The van der Waals surface area contributed by atoms with Crippen molar-refractivity contribution in [2.75, 3.05) is 18.1 Å². The Labute approximate surface area is 223 Å². The summed E-state index contributed by atoms with van der Waals surface area (Å²) in [5, 5.41) is 16.2. The minimum absolute atomic E-state index is 0.104. The molecule has 0 amide bonds. The van der Waals surface area contributed by atoms with E-state index in [1.54, 1.807) is 39.1 Å². The molecular weight excluding hydrogens is 536 g/mol. The summed E-state index contributed by atoms with van der Waals surface area (Å²) < 4.78 is 53.2. The minimum atomic E-state index is -4.49. The van der Waals surface area contributed by atoms with E-state index in [1.807, 2.05) is 0 Å². The van der Waals surface area contributed by atoms with Crippen LogP contribution in [0.5, 0.6) is 5.75 Å². The molecule has 5 N–H and O–H groups in total. The Morgan fingerprint density at radius 1 is 1.28 bits per heavy atom. The van der Waals surface area contributed by atoms with Gasteiger partial charge in [-0.05, 0) is 39.8 Å². The van der Waals surface area contributed by atoms with Gasteiger partial charge in [0.25, 0.3) is 0 Å². The largest absolute Gasteiger partial charge is 0.462 e. The number of imidazole rings is 1. The number of nitrogens with one attached hydrogen (secondary N) is 2. The summed E-state index contributed by atoms with van der Waals surface area (Å²) in [4.78, 5) is 24.8. The van der Waals surface area contributed by atoms with Crippen molar-refractivity contribution in [3.05, 3.63) is 36.7 Å². The molecule has 0 spiro atoms. The number of esters is 1. The molecule has 16 heteroatoms. The average Bonchev–Trinajstić information content (AvgIpc) is 3.37. The van der Waals surface area contributed by atoms with Crippen LogP contribution in [-0.2, 0) is 23.4 Å². The van der Waals surface area contributed by atoms with Crippen LogP contribution in [0.15, 0.2) is 36.7 Å². The SMILES string of the molecule is CNc1nc(N)nc2c1ncn2[C@@H]1O[C@H](O[P@@](=O)(N[C@@H](C)C(=O)OC(C)C)Oc2ccccc2)[C@@H](O)[C@@]1(C)F. The van der Waals surface area contributed by atoms with Crippen LogP contribution in [0.4, 0.5) is 16.2 Å². The molecule has 212 valence electrons. The number of fused-ring (bicyclic) bond motifs is 1. The molecule has 1 aromatic carbocycles. The predicted octanol–water partition coefficient (Wildman–Crippen LogP) is 2.53. The van der Waals surface area contributed by atoms with Gasteiger partial charge in [0.15, 0.2) is 28.9 Å². The van der Waals surface area contributed by atoms with Gasteiger partial charge in [-0.25, -0.2) is 13.9 Å². The van der Waals surface area contributed by atoms with Gasteiger partial charge in [-0.2, -0.15) is 15.1 Å². The van der Waals surface area contributed by atoms with Gasteiger partial charge in [0.1, 0.15) is 17.9 Å². The van der Waals surface area contributed by atoms with Crippen LogP contribution in [0.25, 0.3) is 11.2 Å². The number of nitrogens with zero attached hydrogens (tertiary/aromatic N) is 4. The summed E-state index contributed by atoms with van der Waals surface area (Å²) in [7, 11) is -2.89. The molecule has 0 bridgehead atoms. The zero-order valence-corrected chi connectivity index (χ0v) is 22.8. The van der Waals surface area contributed by atoms with Crippen LogP contribution in [0.2, 0.25) is 0 Å². The number of hydrogen-bond donors (Lipinski definition) is 4. The molecule has 0 radical (unpaired) electrons. The highest BCUT2D eigenvalue weighted by atomic mass is 31.2. The number of aromatic nitrogens is 4. The van der Waals surface area contributed by atoms with Crippen molar-refractivity contribution < 1.29 is 37.4 Å². The fourth-order valence-electron chi connectivity index (χ4n) is 3.91. The van der Waals surface area contributed by atoms with Gasteiger partial charge >= 0.3 is 13.7 Å². The molecule has 1 saturated heterocycles. The maximum Gasteiger partial charge on any atom is 0.461 e. The third kappa shape index (κ3) is 5.97. The average molecular weight is 568 g/mol. The lowest BCUT2D eigenvalue weighted by molar-refractivity contribution is -0.149. The van der Waals surface area contributed by atoms with Gasteiger partial charge in [-0.1, -0.05) is 18.2 Å². The molecule has 1 aliphatic heterocycles. The molecule has 1 aliphatic rings. The molecule has 39 heavy (non-hydrogen) atoms. The Kier molecular flexibility index (Phi) is 8.09. The van der Waals surface area contributed by atoms with Crippen molar-refractivity contribution in [1.82, 2.24) is 24.6 Å². The monoisotopic (exact) mass is 567 g/mol. The number of anilines is 2. The first-order valence-corrected chi connectivity index (χ1v) is 13.6. The van der Waals surface area contributed by atoms with Crippen molar-refractivity contribution in [2.24, 2.45) is 0 Å². The van der Waals surface area contributed by atoms with Crippen LogP contribution in [0.1, 0.15) is 33.9 Å². The Morgan fingerprint density at radius 3 is 2.62 bits per heavy atom. The summed E-state index contributed by atoms with van der Waals surface area (Å²) in [5.74, 6) is -0.408. The predicted molar refractivity (Wildman–Crippen MR) is 138 cm³/mol. The third-order valence-corrected chi connectivity index (χ3v) is 7.42. The van der Waals surface area contributed by atoms with E-state index in [9.17, 15) is 14.5 Å². The van der Waals surface area contributed by atoms with Crippen molar-refractivity contribution in [3.63, 3.8) is 0 Å². The molecule has 0 saturated carbocycles. The lowest BCUT2D eigenvalue weighted by Crippen LogP contribution is -2.41. The number of carbonyl (C=O) groups is 1. The van der Waals surface area contributed by atoms with E-state index in [0.29, 0.717) is 5.82 Å². The van der Waals surface area contributed by atoms with Crippen molar-refractivity contribution in [3.8, 4) is 5.75 Å². The van der Waals surface area contributed by atoms with Gasteiger partial charge in [0.05, 0.1) is 12.4 Å². The molecule has 2 aromatic heterocycles. The molecule has 6 atom stereocenters. The highest BCUT2D eigenvalue weighted by Gasteiger charge is 2.58. The van der Waals surface area contributed by atoms with Crippen molar-refractivity contribution >= 4 is 36.6 Å². The number of rotatable bonds is 10. The minimum Gasteiger partial charge on any atom is -0.462 e. The quantitative estimate of drug-likeness (QED) is 0.207. The van der Waals surface area contributed by atoms with E-state index < -0.39 is 50.2 Å². The topological polar surface area (TPSA) is 185 Å². The summed E-state index contributed by atoms with van der Waals surface area (Å²) in [6.07, 6.45) is -4.47. The molecule has 4 rings (SSSR count). The fraction of sp³-hybridized carbons (Fsp3) is 0.478. The normalized spacial score (nSPS) is 25.4. The Morgan fingerprint density at radius 2 is 1.97 bits per heavy atom. The summed E-state index contributed by atoms with van der Waals surface area (Å²) in [5.41, 5.74) is 3.71. The number of aliphatic hydroxyl groups excluding tert-OH is 1. The zero-order chi connectivity index (χ0) is 28.5. The molecule has 0 unspecified atom stereocenters. The summed E-state index contributed by atoms with van der Waals surface area (Å²) in [6, 6.07) is 6.81. The smallest absolute Gasteiger partial charge is 0.461 e. The first kappa shape index (κ1) is 28.6. The Bertz CT molecular complexity index is 1370. The first-order valence-electron chi connectivity index (χ1n) is 12.1. The standard InChI is InChI=1S/C23H31FN7O7P/c1-12(2)35-19(33)13(3)30-39(34,37-14-9-7-6-8-10-14)38-20-16(32)23(4,24)21(36-20)31-11-27-15-17(26-5)28-22(25)29-18(15)31/h6-13,16,20-21,32H,1-5H3,(H,30,34)(H3,25,26,28,29)/t13-,16+,20+,21+,23+,39+/m0/s1. The zero-order valence-electron chi connectivity index (χ0n) is 21.9. The molecule has 1 fully saturated rings. The lowest BCUT2D eigenvalue weighted by Gasteiger charge is -2.26. The van der Waals surface area contributed by atoms with Crippen molar-refractivity contribution in [1.29, 1.82) is 0 Å². The van der Waals surface area contributed by atoms with Gasteiger partial charge < -0.3 is 30.2 Å². The van der Waals surface area contributed by atoms with Crippen molar-refractivity contribution in [2.45, 2.75) is 64.1 Å². The number of aliphatic hydroxyl groups is 1. The summed E-state index contributed by atoms with van der Waals surface area (Å²) >= 11 is 0. The highest BCUT2D eigenvalue weighted by molar-refractivity contribution is 7.52. The molecule has 3 heterocycles. The van der Waals surface area contributed by atoms with Gasteiger partial charge in [0.2, 0.25) is 12.2 Å². The maximum absolute atomic E-state index is 16.0. The number of alkyl halides is 1. The summed E-state index contributed by atoms with van der Waals surface area (Å²) in [6.45, 7) is 5.79. The van der Waals surface area contributed by atoms with Gasteiger partial charge in [-0.15, -0.1) is 0 Å². The van der Waals surface area contributed by atoms with E-state index in [-0.39, 0.29) is 22.9 Å². The molecule has 14 nitrogen and oxygen atoms in total. The number of para-hydroxylation sites is 1. The molecular formula is C23H31FN7O7P. The number of ether oxygens (including phenoxy) is 2. The van der Waals surface area contributed by atoms with E-state index in [0.717, 1.165) is 6.92 Å². The van der Waals surface area contributed by atoms with Crippen LogP contribution >= 0.6 is 7.75 Å². The van der Waals surface area contributed by atoms with E-state index in [1.165, 1.54) is 30.0 Å². The number of nitrogens with two attached hydrogens (primary N) is 1. The number of benzene rings is 1. The van der Waals surface area contributed by atoms with E-state index >= 15 is 4.39 Å². The van der Waals surface area contributed by atoms with Gasteiger partial charge in [0, 0.05) is 7.05 Å².